The molecule has 0 saturated heterocycles. The highest BCUT2D eigenvalue weighted by molar-refractivity contribution is 7.13. The third kappa shape index (κ3) is 0.899. The lowest BCUT2D eigenvalue weighted by Crippen LogP contribution is -1.73. The van der Waals surface area contributed by atoms with E-state index in [1.54, 1.807) is 0 Å². The first-order valence-electron chi connectivity index (χ1n) is 1.78. The van der Waals surface area contributed by atoms with E-state index in [9.17, 15) is 4.39 Å². The molecular weight excluding hydrogens is 113 g/mol. The van der Waals surface area contributed by atoms with Gasteiger partial charge in [-0.3, -0.25) is 0 Å². The van der Waals surface area contributed by atoms with E-state index in [0.29, 0.717) is 5.00 Å². The van der Waals surface area contributed by atoms with Gasteiger partial charge in [0.05, 0.1) is 5.00 Å². The predicted octanol–water partition coefficient (Wildman–Crippen LogP) is 1.47. The van der Waals surface area contributed by atoms with Gasteiger partial charge in [0.15, 0.2) is 0 Å². The van der Waals surface area contributed by atoms with Crippen molar-refractivity contribution >= 4 is 16.3 Å². The number of halogens is 1. The second-order valence-corrected chi connectivity index (χ2v) is 2.11. The van der Waals surface area contributed by atoms with E-state index < -0.39 is 0 Å². The predicted molar refractivity (Wildman–Crippen MR) is 28.7 cm³/mol. The van der Waals surface area contributed by atoms with E-state index in [0.717, 1.165) is 0 Å². The molecule has 2 N–H and O–H groups in total. The number of anilines is 1. The summed E-state index contributed by atoms with van der Waals surface area (Å²) in [7, 11) is 0. The van der Waals surface area contributed by atoms with Gasteiger partial charge in [0.2, 0.25) is 0 Å². The van der Waals surface area contributed by atoms with E-state index >= 15 is 0 Å². The van der Waals surface area contributed by atoms with Crippen LogP contribution in [-0.4, -0.2) is 0 Å². The maximum atomic E-state index is 11.9. The summed E-state index contributed by atoms with van der Waals surface area (Å²) in [5.41, 5.74) is 5.16. The van der Waals surface area contributed by atoms with Crippen LogP contribution in [0.5, 0.6) is 0 Å². The zero-order valence-electron chi connectivity index (χ0n) is 3.52. The van der Waals surface area contributed by atoms with Crippen LogP contribution in [0, 0.1) is 5.82 Å². The molecule has 0 aromatic carbocycles. The minimum absolute atomic E-state index is 0.248. The Morgan fingerprint density at radius 2 is 2.43 bits per heavy atom. The summed E-state index contributed by atoms with van der Waals surface area (Å²) in [6.45, 7) is 0. The quantitative estimate of drug-likeness (QED) is 0.547. The lowest BCUT2D eigenvalue weighted by molar-refractivity contribution is 0.634. The summed E-state index contributed by atoms with van der Waals surface area (Å²) >= 11 is 1.21. The molecule has 1 nitrogen and oxygen atoms in total. The fourth-order valence-electron chi connectivity index (χ4n) is 0.328. The molecule has 0 aliphatic rings. The van der Waals surface area contributed by atoms with E-state index in [-0.39, 0.29) is 5.82 Å². The van der Waals surface area contributed by atoms with E-state index in [4.69, 9.17) is 5.73 Å². The Morgan fingerprint density at radius 3 is 2.57 bits per heavy atom. The highest BCUT2D eigenvalue weighted by Gasteiger charge is 1.89. The summed E-state index contributed by atoms with van der Waals surface area (Å²) in [5.74, 6) is -0.248. The average molecular weight is 117 g/mol. The van der Waals surface area contributed by atoms with Gasteiger partial charge in [-0.25, -0.2) is 4.39 Å². The Morgan fingerprint density at radius 1 is 1.71 bits per heavy atom. The highest BCUT2D eigenvalue weighted by Crippen LogP contribution is 2.13. The molecule has 3 heteroatoms. The largest absolute Gasteiger partial charge is 0.391 e. The monoisotopic (exact) mass is 117 g/mol. The molecule has 0 amide bonds. The number of nitrogen functional groups attached to an aromatic ring is 1. The average Bonchev–Trinajstić information content (AvgIpc) is 1.87. The summed E-state index contributed by atoms with van der Waals surface area (Å²) < 4.78 is 11.9. The Kier molecular flexibility index (Phi) is 0.982. The SMILES string of the molecule is Nc1cc(F)cs1. The molecule has 0 radical (unpaired) electrons. The molecule has 1 rings (SSSR count). The van der Waals surface area contributed by atoms with Crippen LogP contribution in [0.15, 0.2) is 11.4 Å². The highest BCUT2D eigenvalue weighted by atomic mass is 32.1. The van der Waals surface area contributed by atoms with Crippen LogP contribution in [-0.2, 0) is 0 Å². The van der Waals surface area contributed by atoms with E-state index in [1.807, 2.05) is 0 Å². The molecule has 0 aliphatic carbocycles. The standard InChI is InChI=1S/C4H4FNS/c5-3-1-4(6)7-2-3/h1-2H,6H2. The van der Waals surface area contributed by atoms with Gasteiger partial charge in [-0.1, -0.05) is 0 Å². The molecule has 1 heterocycles. The van der Waals surface area contributed by atoms with Crippen molar-refractivity contribution in [3.8, 4) is 0 Å². The normalized spacial score (nSPS) is 9.29. The van der Waals surface area contributed by atoms with Crippen molar-refractivity contribution in [3.63, 3.8) is 0 Å². The van der Waals surface area contributed by atoms with E-state index in [1.165, 1.54) is 22.8 Å². The Labute approximate surface area is 44.6 Å². The lowest BCUT2D eigenvalue weighted by Gasteiger charge is -1.69. The maximum Gasteiger partial charge on any atom is 0.136 e. The van der Waals surface area contributed by atoms with Gasteiger partial charge in [0, 0.05) is 11.4 Å². The molecule has 0 aliphatic heterocycles. The van der Waals surface area contributed by atoms with Crippen LogP contribution in [0.2, 0.25) is 0 Å². The van der Waals surface area contributed by atoms with Crippen LogP contribution in [0.1, 0.15) is 0 Å². The third-order valence-electron chi connectivity index (χ3n) is 0.588. The van der Waals surface area contributed by atoms with Gasteiger partial charge in [-0.05, 0) is 0 Å². The van der Waals surface area contributed by atoms with Crippen molar-refractivity contribution in [1.29, 1.82) is 0 Å². The molecule has 0 atom stereocenters. The first-order chi connectivity index (χ1) is 3.29. The van der Waals surface area contributed by atoms with Crippen molar-refractivity contribution in [2.75, 3.05) is 5.73 Å². The fourth-order valence-corrected chi connectivity index (χ4v) is 0.826. The Balaban J connectivity index is 3.04. The number of hydrogen-bond acceptors (Lipinski definition) is 2. The minimum atomic E-state index is -0.248. The van der Waals surface area contributed by atoms with Crippen LogP contribution in [0.3, 0.4) is 0 Å². The summed E-state index contributed by atoms with van der Waals surface area (Å²) in [5, 5.41) is 1.90. The zero-order chi connectivity index (χ0) is 5.28. The first kappa shape index (κ1) is 4.59. The second kappa shape index (κ2) is 1.50. The van der Waals surface area contributed by atoms with Crippen molar-refractivity contribution in [2.45, 2.75) is 0 Å². The summed E-state index contributed by atoms with van der Waals surface area (Å²) in [4.78, 5) is 0. The molecule has 1 aromatic heterocycles. The first-order valence-corrected chi connectivity index (χ1v) is 2.66. The zero-order valence-corrected chi connectivity index (χ0v) is 4.33. The van der Waals surface area contributed by atoms with Gasteiger partial charge in [-0.15, -0.1) is 11.3 Å². The van der Waals surface area contributed by atoms with Crippen molar-refractivity contribution in [2.24, 2.45) is 0 Å². The molecular formula is C4H4FNS. The number of rotatable bonds is 0. The number of thiophene rings is 1. The van der Waals surface area contributed by atoms with Gasteiger partial charge in [0.25, 0.3) is 0 Å². The molecule has 0 saturated carbocycles. The van der Waals surface area contributed by atoms with Crippen LogP contribution in [0.4, 0.5) is 9.39 Å². The maximum absolute atomic E-state index is 11.9. The van der Waals surface area contributed by atoms with Gasteiger partial charge >= 0.3 is 0 Å². The Bertz CT molecular complexity index is 144. The second-order valence-electron chi connectivity index (χ2n) is 1.17. The van der Waals surface area contributed by atoms with Gasteiger partial charge < -0.3 is 5.73 Å². The number of nitrogens with two attached hydrogens (primary N) is 1. The molecule has 0 spiro atoms. The van der Waals surface area contributed by atoms with Gasteiger partial charge in [0.1, 0.15) is 5.82 Å². The molecule has 7 heavy (non-hydrogen) atoms. The Hall–Kier alpha value is -0.570. The fraction of sp³-hybridized carbons (Fsp3) is 0. The van der Waals surface area contributed by atoms with Crippen LogP contribution in [0.25, 0.3) is 0 Å². The molecule has 1 aromatic rings. The molecule has 0 unspecified atom stereocenters. The smallest absolute Gasteiger partial charge is 0.136 e. The molecule has 38 valence electrons. The lowest BCUT2D eigenvalue weighted by atomic mass is 10.6. The minimum Gasteiger partial charge on any atom is -0.391 e. The summed E-state index contributed by atoms with van der Waals surface area (Å²) in [6.07, 6.45) is 0. The van der Waals surface area contributed by atoms with Crippen molar-refractivity contribution in [1.82, 2.24) is 0 Å². The van der Waals surface area contributed by atoms with E-state index in [2.05, 4.69) is 0 Å². The van der Waals surface area contributed by atoms with Crippen LogP contribution >= 0.6 is 11.3 Å². The van der Waals surface area contributed by atoms with Crippen molar-refractivity contribution < 1.29 is 4.39 Å². The van der Waals surface area contributed by atoms with Crippen LogP contribution < -0.4 is 5.73 Å². The topological polar surface area (TPSA) is 26.0 Å². The molecule has 0 bridgehead atoms. The number of hydrogen-bond donors (Lipinski definition) is 1. The van der Waals surface area contributed by atoms with Crippen molar-refractivity contribution in [3.05, 3.63) is 17.3 Å². The van der Waals surface area contributed by atoms with Gasteiger partial charge in [-0.2, -0.15) is 0 Å². The summed E-state index contributed by atoms with van der Waals surface area (Å²) in [6, 6.07) is 1.30. The third-order valence-corrected chi connectivity index (χ3v) is 1.32. The molecule has 0 fully saturated rings.